The van der Waals surface area contributed by atoms with E-state index in [9.17, 15) is 0 Å². The number of anilines is 3. The van der Waals surface area contributed by atoms with Gasteiger partial charge in [0.25, 0.3) is 0 Å². The molecule has 0 saturated carbocycles. The number of aromatic nitrogens is 2. The monoisotopic (exact) mass is 325 g/mol. The number of nitrogens with zero attached hydrogens (tertiary/aromatic N) is 5. The number of rotatable bonds is 3. The van der Waals surface area contributed by atoms with Crippen LogP contribution in [0.2, 0.25) is 0 Å². The molecule has 0 bridgehead atoms. The molecule has 0 N–H and O–H groups in total. The van der Waals surface area contributed by atoms with Gasteiger partial charge in [0.1, 0.15) is 18.0 Å². The summed E-state index contributed by atoms with van der Waals surface area (Å²) in [7, 11) is 0. The summed E-state index contributed by atoms with van der Waals surface area (Å²) >= 11 is 0. The molecule has 0 unspecified atom stereocenters. The van der Waals surface area contributed by atoms with Crippen molar-refractivity contribution in [3.8, 4) is 0 Å². The Kier molecular flexibility index (Phi) is 4.46. The number of hydrogen-bond acceptors (Lipinski definition) is 6. The lowest BCUT2D eigenvalue weighted by Gasteiger charge is -2.37. The normalized spacial score (nSPS) is 18.8. The lowest BCUT2D eigenvalue weighted by Crippen LogP contribution is -2.47. The lowest BCUT2D eigenvalue weighted by molar-refractivity contribution is 0.122. The average Bonchev–Trinajstić information content (AvgIpc) is 2.70. The molecule has 0 radical (unpaired) electrons. The molecular weight excluding hydrogens is 302 g/mol. The van der Waals surface area contributed by atoms with Gasteiger partial charge < -0.3 is 19.4 Å². The van der Waals surface area contributed by atoms with Crippen molar-refractivity contribution in [2.45, 2.75) is 0 Å². The van der Waals surface area contributed by atoms with Crippen LogP contribution in [0.15, 0.2) is 42.7 Å². The summed E-state index contributed by atoms with van der Waals surface area (Å²) in [5.41, 5.74) is 1.30. The van der Waals surface area contributed by atoms with Gasteiger partial charge in [-0.1, -0.05) is 18.2 Å². The Bertz CT molecular complexity index is 651. The maximum Gasteiger partial charge on any atom is 0.134 e. The van der Waals surface area contributed by atoms with E-state index in [0.29, 0.717) is 0 Å². The van der Waals surface area contributed by atoms with Gasteiger partial charge in [-0.3, -0.25) is 0 Å². The van der Waals surface area contributed by atoms with Crippen molar-refractivity contribution in [2.75, 3.05) is 67.2 Å². The van der Waals surface area contributed by atoms with E-state index in [1.807, 2.05) is 0 Å². The standard InChI is InChI=1S/C18H23N5O/c1-2-4-16(5-3-1)21-6-8-22(9-7-21)17-14-18(20-15-19-17)23-10-12-24-13-11-23/h1-5,14-15H,6-13H2. The summed E-state index contributed by atoms with van der Waals surface area (Å²) in [6.07, 6.45) is 1.68. The highest BCUT2D eigenvalue weighted by Gasteiger charge is 2.20. The summed E-state index contributed by atoms with van der Waals surface area (Å²) in [4.78, 5) is 16.0. The van der Waals surface area contributed by atoms with Crippen LogP contribution in [0, 0.1) is 0 Å². The minimum absolute atomic E-state index is 0.773. The highest BCUT2D eigenvalue weighted by atomic mass is 16.5. The van der Waals surface area contributed by atoms with E-state index in [4.69, 9.17) is 4.74 Å². The maximum absolute atomic E-state index is 5.42. The minimum atomic E-state index is 0.773. The number of piperazine rings is 1. The third-order valence-corrected chi connectivity index (χ3v) is 4.70. The first-order chi connectivity index (χ1) is 11.9. The van der Waals surface area contributed by atoms with E-state index in [-0.39, 0.29) is 0 Å². The Hall–Kier alpha value is -2.34. The SMILES string of the molecule is c1ccc(N2CCN(c3cc(N4CCOCC4)ncn3)CC2)cc1. The molecular formula is C18H23N5O. The molecule has 6 nitrogen and oxygen atoms in total. The molecule has 2 aromatic rings. The molecule has 0 aliphatic carbocycles. The van der Waals surface area contributed by atoms with Crippen LogP contribution in [0.3, 0.4) is 0 Å². The van der Waals surface area contributed by atoms with Crippen molar-refractivity contribution in [1.29, 1.82) is 0 Å². The summed E-state index contributed by atoms with van der Waals surface area (Å²) in [5.74, 6) is 2.04. The Labute approximate surface area is 142 Å². The molecule has 6 heteroatoms. The molecule has 2 fully saturated rings. The predicted molar refractivity (Wildman–Crippen MR) is 95.9 cm³/mol. The second-order valence-electron chi connectivity index (χ2n) is 6.14. The highest BCUT2D eigenvalue weighted by Crippen LogP contribution is 2.21. The Morgan fingerprint density at radius 3 is 1.96 bits per heavy atom. The summed E-state index contributed by atoms with van der Waals surface area (Å²) in [6.45, 7) is 7.34. The fourth-order valence-electron chi connectivity index (χ4n) is 3.31. The van der Waals surface area contributed by atoms with E-state index >= 15 is 0 Å². The largest absolute Gasteiger partial charge is 0.378 e. The van der Waals surface area contributed by atoms with E-state index in [1.54, 1.807) is 6.33 Å². The molecule has 0 atom stereocenters. The third kappa shape index (κ3) is 3.28. The van der Waals surface area contributed by atoms with E-state index in [1.165, 1.54) is 5.69 Å². The van der Waals surface area contributed by atoms with Crippen LogP contribution in [0.4, 0.5) is 17.3 Å². The van der Waals surface area contributed by atoms with Crippen LogP contribution in [-0.2, 0) is 4.74 Å². The molecule has 2 saturated heterocycles. The van der Waals surface area contributed by atoms with Gasteiger partial charge in [0.05, 0.1) is 13.2 Å². The summed E-state index contributed by atoms with van der Waals surface area (Å²) in [5, 5.41) is 0. The molecule has 1 aromatic carbocycles. The van der Waals surface area contributed by atoms with Crippen LogP contribution in [0.25, 0.3) is 0 Å². The van der Waals surface area contributed by atoms with Crippen LogP contribution >= 0.6 is 0 Å². The quantitative estimate of drug-likeness (QED) is 0.855. The van der Waals surface area contributed by atoms with Gasteiger partial charge in [-0.2, -0.15) is 0 Å². The molecule has 0 spiro atoms. The Morgan fingerprint density at radius 2 is 1.29 bits per heavy atom. The molecule has 1 aromatic heterocycles. The lowest BCUT2D eigenvalue weighted by atomic mass is 10.2. The van der Waals surface area contributed by atoms with Gasteiger partial charge in [-0.05, 0) is 12.1 Å². The number of hydrogen-bond donors (Lipinski definition) is 0. The first kappa shape index (κ1) is 15.2. The van der Waals surface area contributed by atoms with Crippen LogP contribution < -0.4 is 14.7 Å². The molecule has 0 amide bonds. The molecule has 2 aliphatic rings. The van der Waals surface area contributed by atoms with Crippen molar-refractivity contribution in [3.05, 3.63) is 42.7 Å². The Morgan fingerprint density at radius 1 is 0.708 bits per heavy atom. The second-order valence-corrected chi connectivity index (χ2v) is 6.14. The van der Waals surface area contributed by atoms with Crippen LogP contribution in [-0.4, -0.2) is 62.5 Å². The minimum Gasteiger partial charge on any atom is -0.378 e. The van der Waals surface area contributed by atoms with E-state index in [0.717, 1.165) is 64.1 Å². The van der Waals surface area contributed by atoms with Crippen molar-refractivity contribution in [1.82, 2.24) is 9.97 Å². The third-order valence-electron chi connectivity index (χ3n) is 4.70. The number of ether oxygens (including phenoxy) is 1. The zero-order valence-electron chi connectivity index (χ0n) is 13.8. The fourth-order valence-corrected chi connectivity index (χ4v) is 3.31. The van der Waals surface area contributed by atoms with Gasteiger partial charge in [0.15, 0.2) is 0 Å². The maximum atomic E-state index is 5.42. The molecule has 3 heterocycles. The van der Waals surface area contributed by atoms with Gasteiger partial charge >= 0.3 is 0 Å². The van der Waals surface area contributed by atoms with E-state index in [2.05, 4.69) is 61.1 Å². The van der Waals surface area contributed by atoms with Crippen molar-refractivity contribution in [2.24, 2.45) is 0 Å². The van der Waals surface area contributed by atoms with E-state index < -0.39 is 0 Å². The second kappa shape index (κ2) is 7.05. The predicted octanol–water partition coefficient (Wildman–Crippen LogP) is 1.64. The molecule has 2 aliphatic heterocycles. The van der Waals surface area contributed by atoms with Gasteiger partial charge in [0, 0.05) is 51.0 Å². The number of morpholine rings is 1. The fraction of sp³-hybridized carbons (Fsp3) is 0.444. The summed E-state index contributed by atoms with van der Waals surface area (Å²) < 4.78 is 5.42. The first-order valence-corrected chi connectivity index (χ1v) is 8.60. The topological polar surface area (TPSA) is 44.7 Å². The number of benzene rings is 1. The first-order valence-electron chi connectivity index (χ1n) is 8.60. The van der Waals surface area contributed by atoms with Gasteiger partial charge in [0.2, 0.25) is 0 Å². The van der Waals surface area contributed by atoms with Crippen molar-refractivity contribution in [3.63, 3.8) is 0 Å². The van der Waals surface area contributed by atoms with Crippen molar-refractivity contribution < 1.29 is 4.74 Å². The Balaban J connectivity index is 1.42. The molecule has 24 heavy (non-hydrogen) atoms. The van der Waals surface area contributed by atoms with Gasteiger partial charge in [-0.15, -0.1) is 0 Å². The van der Waals surface area contributed by atoms with Crippen LogP contribution in [0.5, 0.6) is 0 Å². The van der Waals surface area contributed by atoms with Crippen LogP contribution in [0.1, 0.15) is 0 Å². The number of para-hydroxylation sites is 1. The smallest absolute Gasteiger partial charge is 0.134 e. The molecule has 126 valence electrons. The zero-order valence-corrected chi connectivity index (χ0v) is 13.8. The van der Waals surface area contributed by atoms with Gasteiger partial charge in [-0.25, -0.2) is 9.97 Å². The summed E-state index contributed by atoms with van der Waals surface area (Å²) in [6, 6.07) is 12.7. The zero-order chi connectivity index (χ0) is 16.2. The van der Waals surface area contributed by atoms with Crippen molar-refractivity contribution >= 4 is 17.3 Å². The molecule has 4 rings (SSSR count). The highest BCUT2D eigenvalue weighted by molar-refractivity contribution is 5.53. The average molecular weight is 325 g/mol.